The Balaban J connectivity index is 1.60. The number of rotatable bonds is 11. The van der Waals surface area contributed by atoms with Gasteiger partial charge < -0.3 is 20.5 Å². The first kappa shape index (κ1) is 23.5. The lowest BCUT2D eigenvalue weighted by Crippen LogP contribution is -2.46. The molecule has 0 bridgehead atoms. The molecule has 7 nitrogen and oxygen atoms in total. The summed E-state index contributed by atoms with van der Waals surface area (Å²) in [5, 5.41) is 24.6. The van der Waals surface area contributed by atoms with Gasteiger partial charge in [-0.05, 0) is 35.4 Å². The van der Waals surface area contributed by atoms with Gasteiger partial charge in [-0.25, -0.2) is 4.79 Å². The number of anilines is 1. The predicted molar refractivity (Wildman–Crippen MR) is 125 cm³/mol. The zero-order valence-electron chi connectivity index (χ0n) is 18.0. The van der Waals surface area contributed by atoms with E-state index in [0.717, 1.165) is 11.3 Å². The van der Waals surface area contributed by atoms with Crippen molar-refractivity contribution in [3.05, 3.63) is 102 Å². The van der Waals surface area contributed by atoms with E-state index in [1.807, 2.05) is 60.7 Å². The molecule has 2 atom stereocenters. The van der Waals surface area contributed by atoms with Crippen molar-refractivity contribution in [2.75, 3.05) is 11.9 Å². The molecule has 3 rings (SSSR count). The van der Waals surface area contributed by atoms with Crippen LogP contribution in [0.2, 0.25) is 0 Å². The Morgan fingerprint density at radius 3 is 2.27 bits per heavy atom. The van der Waals surface area contributed by atoms with Crippen LogP contribution in [-0.4, -0.2) is 35.7 Å². The molecule has 0 spiro atoms. The summed E-state index contributed by atoms with van der Waals surface area (Å²) in [7, 11) is 0. The Morgan fingerprint density at radius 1 is 0.939 bits per heavy atom. The largest absolute Gasteiger partial charge is 0.478 e. The van der Waals surface area contributed by atoms with Crippen LogP contribution in [0.15, 0.2) is 84.9 Å². The Morgan fingerprint density at radius 2 is 1.61 bits per heavy atom. The Hall–Kier alpha value is -4.15. The van der Waals surface area contributed by atoms with Crippen molar-refractivity contribution in [2.24, 2.45) is 0 Å². The number of nitrogens with zero attached hydrogens (tertiary/aromatic N) is 1. The van der Waals surface area contributed by atoms with Crippen molar-refractivity contribution >= 4 is 17.6 Å². The van der Waals surface area contributed by atoms with Crippen molar-refractivity contribution in [1.82, 2.24) is 5.32 Å². The second kappa shape index (κ2) is 12.0. The van der Waals surface area contributed by atoms with Gasteiger partial charge in [0.2, 0.25) is 5.91 Å². The third-order valence-corrected chi connectivity index (χ3v) is 4.91. The Bertz CT molecular complexity index is 1060. The first-order valence-electron chi connectivity index (χ1n) is 10.5. The summed E-state index contributed by atoms with van der Waals surface area (Å²) in [5.74, 6) is -1.33. The zero-order chi connectivity index (χ0) is 23.5. The minimum Gasteiger partial charge on any atom is -0.478 e. The molecule has 0 aliphatic carbocycles. The fourth-order valence-electron chi connectivity index (χ4n) is 3.27. The van der Waals surface area contributed by atoms with E-state index < -0.39 is 18.1 Å². The maximum absolute atomic E-state index is 13.0. The number of nitriles is 1. The first-order chi connectivity index (χ1) is 16.0. The predicted octanol–water partition coefficient (Wildman–Crippen LogP) is 3.63. The number of nitrogens with one attached hydrogen (secondary N) is 2. The highest BCUT2D eigenvalue weighted by molar-refractivity contribution is 5.87. The van der Waals surface area contributed by atoms with Gasteiger partial charge in [0.05, 0.1) is 24.8 Å². The summed E-state index contributed by atoms with van der Waals surface area (Å²) in [6.45, 7) is 0.105. The number of carboxylic acid groups (broad SMARTS) is 1. The molecule has 33 heavy (non-hydrogen) atoms. The first-order valence-corrected chi connectivity index (χ1v) is 10.5. The van der Waals surface area contributed by atoms with Crippen LogP contribution >= 0.6 is 0 Å². The van der Waals surface area contributed by atoms with E-state index in [1.165, 1.54) is 12.1 Å². The topological polar surface area (TPSA) is 111 Å². The number of hydrogen-bond acceptors (Lipinski definition) is 5. The lowest BCUT2D eigenvalue weighted by atomic mass is 10.0. The maximum atomic E-state index is 13.0. The van der Waals surface area contributed by atoms with E-state index in [-0.39, 0.29) is 24.7 Å². The molecule has 3 N–H and O–H groups in total. The molecule has 7 heteroatoms. The molecule has 0 unspecified atom stereocenters. The monoisotopic (exact) mass is 443 g/mol. The molecule has 3 aromatic carbocycles. The minimum atomic E-state index is -1.02. The molecule has 0 saturated heterocycles. The van der Waals surface area contributed by atoms with Crippen molar-refractivity contribution in [3.8, 4) is 6.07 Å². The van der Waals surface area contributed by atoms with E-state index in [0.29, 0.717) is 12.0 Å². The van der Waals surface area contributed by atoms with Crippen LogP contribution < -0.4 is 10.6 Å². The van der Waals surface area contributed by atoms with Gasteiger partial charge in [0, 0.05) is 12.1 Å². The minimum absolute atomic E-state index is 0.0249. The van der Waals surface area contributed by atoms with Gasteiger partial charge in [0.1, 0.15) is 12.1 Å². The summed E-state index contributed by atoms with van der Waals surface area (Å²) < 4.78 is 5.57. The summed E-state index contributed by atoms with van der Waals surface area (Å²) in [6.07, 6.45) is 0.447. The number of carboxylic acids is 1. The van der Waals surface area contributed by atoms with Crippen LogP contribution in [0.5, 0.6) is 0 Å². The number of amides is 1. The third-order valence-electron chi connectivity index (χ3n) is 4.91. The molecule has 0 fully saturated rings. The van der Waals surface area contributed by atoms with Gasteiger partial charge in [-0.3, -0.25) is 4.79 Å². The normalized spacial score (nSPS) is 12.2. The van der Waals surface area contributed by atoms with Crippen LogP contribution in [-0.2, 0) is 22.6 Å². The number of carbonyl (C=O) groups excluding carboxylic acids is 1. The van der Waals surface area contributed by atoms with Gasteiger partial charge in [-0.15, -0.1) is 0 Å². The van der Waals surface area contributed by atoms with Crippen molar-refractivity contribution in [1.29, 1.82) is 5.26 Å². The van der Waals surface area contributed by atoms with Crippen molar-refractivity contribution in [3.63, 3.8) is 0 Å². The van der Waals surface area contributed by atoms with Crippen molar-refractivity contribution in [2.45, 2.75) is 25.1 Å². The zero-order valence-corrected chi connectivity index (χ0v) is 18.0. The highest BCUT2D eigenvalue weighted by Gasteiger charge is 2.22. The van der Waals surface area contributed by atoms with E-state index in [9.17, 15) is 14.9 Å². The summed E-state index contributed by atoms with van der Waals surface area (Å²) in [5.41, 5.74) is 2.63. The standard InChI is InChI=1S/C26H25N3O4/c27-16-23(18-33-17-20-10-7-11-21(14-20)26(31)32)29-25(30)24(15-19-8-3-1-4-9-19)28-22-12-5-2-6-13-22/h1-14,23-24,28H,15,17-18H2,(H,29,30)(H,31,32)/t23-,24+/m1/s1. The maximum Gasteiger partial charge on any atom is 0.335 e. The molecule has 0 saturated carbocycles. The lowest BCUT2D eigenvalue weighted by Gasteiger charge is -2.21. The van der Waals surface area contributed by atoms with E-state index in [2.05, 4.69) is 16.7 Å². The van der Waals surface area contributed by atoms with Gasteiger partial charge in [-0.2, -0.15) is 5.26 Å². The van der Waals surface area contributed by atoms with Gasteiger partial charge >= 0.3 is 5.97 Å². The van der Waals surface area contributed by atoms with Crippen LogP contribution in [0.3, 0.4) is 0 Å². The molecular formula is C26H25N3O4. The van der Waals surface area contributed by atoms with Crippen LogP contribution in [0.4, 0.5) is 5.69 Å². The second-order valence-corrected chi connectivity index (χ2v) is 7.46. The summed E-state index contributed by atoms with van der Waals surface area (Å²) in [6, 6.07) is 26.1. The van der Waals surface area contributed by atoms with E-state index in [4.69, 9.17) is 9.84 Å². The van der Waals surface area contributed by atoms with Crippen LogP contribution in [0.1, 0.15) is 21.5 Å². The van der Waals surface area contributed by atoms with E-state index >= 15 is 0 Å². The van der Waals surface area contributed by atoms with Gasteiger partial charge in [0.15, 0.2) is 0 Å². The molecule has 0 aliphatic heterocycles. The average Bonchev–Trinajstić information content (AvgIpc) is 2.84. The number of aromatic carboxylic acids is 1. The molecule has 168 valence electrons. The third kappa shape index (κ3) is 7.49. The highest BCUT2D eigenvalue weighted by Crippen LogP contribution is 2.12. The molecular weight excluding hydrogens is 418 g/mol. The number of hydrogen-bond donors (Lipinski definition) is 3. The molecule has 0 radical (unpaired) electrons. The van der Waals surface area contributed by atoms with E-state index in [1.54, 1.807) is 12.1 Å². The fraction of sp³-hybridized carbons (Fsp3) is 0.192. The van der Waals surface area contributed by atoms with Gasteiger partial charge in [0.25, 0.3) is 0 Å². The summed E-state index contributed by atoms with van der Waals surface area (Å²) >= 11 is 0. The SMILES string of the molecule is N#C[C@H](COCc1cccc(C(=O)O)c1)NC(=O)[C@H](Cc1ccccc1)Nc1ccccc1. The number of para-hydroxylation sites is 1. The number of benzene rings is 3. The molecule has 3 aromatic rings. The summed E-state index contributed by atoms with van der Waals surface area (Å²) in [4.78, 5) is 24.1. The number of carbonyl (C=O) groups is 2. The highest BCUT2D eigenvalue weighted by atomic mass is 16.5. The molecule has 1 amide bonds. The smallest absolute Gasteiger partial charge is 0.335 e. The molecule has 0 aromatic heterocycles. The van der Waals surface area contributed by atoms with Crippen LogP contribution in [0, 0.1) is 11.3 Å². The average molecular weight is 444 g/mol. The van der Waals surface area contributed by atoms with Gasteiger partial charge in [-0.1, -0.05) is 60.7 Å². The quantitative estimate of drug-likeness (QED) is 0.417. The second-order valence-electron chi connectivity index (χ2n) is 7.46. The van der Waals surface area contributed by atoms with Crippen molar-refractivity contribution < 1.29 is 19.4 Å². The van der Waals surface area contributed by atoms with Crippen LogP contribution in [0.25, 0.3) is 0 Å². The lowest BCUT2D eigenvalue weighted by molar-refractivity contribution is -0.122. The molecule has 0 aliphatic rings. The fourth-order valence-corrected chi connectivity index (χ4v) is 3.27. The molecule has 0 heterocycles. The Kier molecular flexibility index (Phi) is 8.57. The Labute approximate surface area is 192 Å². The number of ether oxygens (including phenoxy) is 1.